The summed E-state index contributed by atoms with van der Waals surface area (Å²) in [5.74, 6) is -0.906. The van der Waals surface area contributed by atoms with Crippen LogP contribution >= 0.6 is 0 Å². The van der Waals surface area contributed by atoms with Crippen molar-refractivity contribution in [2.24, 2.45) is 11.8 Å². The van der Waals surface area contributed by atoms with E-state index < -0.39 is 0 Å². The zero-order chi connectivity index (χ0) is 19.0. The van der Waals surface area contributed by atoms with Crippen LogP contribution in [0.1, 0.15) is 41.6 Å². The number of hydrogen-bond acceptors (Lipinski definition) is 3. The molecule has 0 spiro atoms. The van der Waals surface area contributed by atoms with Crippen molar-refractivity contribution >= 4 is 29.1 Å². The molecule has 2 aromatic rings. The highest BCUT2D eigenvalue weighted by atomic mass is 16.2. The molecule has 1 aliphatic carbocycles. The Morgan fingerprint density at radius 3 is 2.30 bits per heavy atom. The largest absolute Gasteiger partial charge is 0.322 e. The minimum atomic E-state index is -0.261. The van der Waals surface area contributed by atoms with Crippen molar-refractivity contribution in [3.8, 4) is 0 Å². The Balaban J connectivity index is 1.59. The molecule has 2 fully saturated rings. The molecule has 27 heavy (non-hydrogen) atoms. The first kappa shape index (κ1) is 17.5. The summed E-state index contributed by atoms with van der Waals surface area (Å²) < 4.78 is 0. The Kier molecular flexibility index (Phi) is 4.52. The van der Waals surface area contributed by atoms with Crippen molar-refractivity contribution in [1.29, 1.82) is 0 Å². The number of hydrogen-bond donors (Lipinski definition) is 1. The van der Waals surface area contributed by atoms with Crippen molar-refractivity contribution in [3.05, 3.63) is 59.7 Å². The summed E-state index contributed by atoms with van der Waals surface area (Å²) in [4.78, 5) is 39.5. The van der Waals surface area contributed by atoms with E-state index in [2.05, 4.69) is 5.32 Å². The summed E-state index contributed by atoms with van der Waals surface area (Å²) >= 11 is 0. The van der Waals surface area contributed by atoms with Gasteiger partial charge in [-0.05, 0) is 49.6 Å². The van der Waals surface area contributed by atoms with E-state index in [1.807, 2.05) is 31.2 Å². The highest BCUT2D eigenvalue weighted by Gasteiger charge is 2.48. The molecule has 2 atom stereocenters. The van der Waals surface area contributed by atoms with E-state index in [0.29, 0.717) is 11.3 Å². The van der Waals surface area contributed by atoms with Crippen LogP contribution in [-0.2, 0) is 9.59 Å². The van der Waals surface area contributed by atoms with E-state index in [1.165, 1.54) is 4.90 Å². The van der Waals surface area contributed by atoms with Crippen LogP contribution in [0.4, 0.5) is 11.4 Å². The Morgan fingerprint density at radius 1 is 0.963 bits per heavy atom. The Bertz CT molecular complexity index is 897. The zero-order valence-corrected chi connectivity index (χ0v) is 15.3. The van der Waals surface area contributed by atoms with E-state index in [9.17, 15) is 14.4 Å². The number of nitrogens with zero attached hydrogens (tertiary/aromatic N) is 1. The van der Waals surface area contributed by atoms with Gasteiger partial charge in [0.2, 0.25) is 11.8 Å². The summed E-state index contributed by atoms with van der Waals surface area (Å²) in [6, 6.07) is 14.3. The van der Waals surface area contributed by atoms with Crippen LogP contribution in [0.2, 0.25) is 0 Å². The predicted octanol–water partition coefficient (Wildman–Crippen LogP) is 3.93. The summed E-state index contributed by atoms with van der Waals surface area (Å²) in [6.07, 6.45) is 3.54. The Labute approximate surface area is 158 Å². The third-order valence-corrected chi connectivity index (χ3v) is 5.60. The number of anilines is 2. The van der Waals surface area contributed by atoms with E-state index in [4.69, 9.17) is 0 Å². The van der Waals surface area contributed by atoms with Gasteiger partial charge in [0.15, 0.2) is 0 Å². The highest BCUT2D eigenvalue weighted by molar-refractivity contribution is 6.22. The van der Waals surface area contributed by atoms with Crippen LogP contribution in [-0.4, -0.2) is 17.7 Å². The van der Waals surface area contributed by atoms with Crippen molar-refractivity contribution in [1.82, 2.24) is 0 Å². The van der Waals surface area contributed by atoms with Crippen LogP contribution in [0.3, 0.4) is 0 Å². The molecule has 1 heterocycles. The summed E-state index contributed by atoms with van der Waals surface area (Å²) in [5.41, 5.74) is 2.62. The average molecular weight is 362 g/mol. The van der Waals surface area contributed by atoms with E-state index in [1.54, 1.807) is 24.3 Å². The van der Waals surface area contributed by atoms with Crippen molar-refractivity contribution in [2.75, 3.05) is 10.2 Å². The number of carbonyl (C=O) groups excluding carboxylic acids is 3. The molecule has 0 radical (unpaired) electrons. The van der Waals surface area contributed by atoms with Crippen LogP contribution in [0.15, 0.2) is 48.5 Å². The molecule has 4 rings (SSSR count). The van der Waals surface area contributed by atoms with Gasteiger partial charge in [0, 0.05) is 11.3 Å². The van der Waals surface area contributed by atoms with Crippen LogP contribution in [0.25, 0.3) is 0 Å². The van der Waals surface area contributed by atoms with Gasteiger partial charge in [0.05, 0.1) is 17.5 Å². The maximum Gasteiger partial charge on any atom is 0.255 e. The highest BCUT2D eigenvalue weighted by Crippen LogP contribution is 2.40. The van der Waals surface area contributed by atoms with Gasteiger partial charge >= 0.3 is 0 Å². The summed E-state index contributed by atoms with van der Waals surface area (Å²) in [5, 5.41) is 2.89. The van der Waals surface area contributed by atoms with Gasteiger partial charge in [-0.2, -0.15) is 0 Å². The fourth-order valence-corrected chi connectivity index (χ4v) is 4.11. The fraction of sp³-hybridized carbons (Fsp3) is 0.318. The molecule has 0 unspecified atom stereocenters. The molecule has 5 heteroatoms. The molecule has 1 saturated heterocycles. The van der Waals surface area contributed by atoms with Gasteiger partial charge in [-0.15, -0.1) is 0 Å². The van der Waals surface area contributed by atoms with Gasteiger partial charge in [0.1, 0.15) is 0 Å². The molecule has 138 valence electrons. The van der Waals surface area contributed by atoms with Crippen molar-refractivity contribution in [3.63, 3.8) is 0 Å². The lowest BCUT2D eigenvalue weighted by Crippen LogP contribution is -2.31. The van der Waals surface area contributed by atoms with Crippen LogP contribution < -0.4 is 10.2 Å². The second-order valence-corrected chi connectivity index (χ2v) is 7.33. The minimum Gasteiger partial charge on any atom is -0.322 e. The molecule has 2 aromatic carbocycles. The molecule has 5 nitrogen and oxygen atoms in total. The lowest BCUT2D eigenvalue weighted by Gasteiger charge is -2.19. The normalized spacial score (nSPS) is 21.9. The number of amides is 3. The number of rotatable bonds is 3. The summed E-state index contributed by atoms with van der Waals surface area (Å²) in [6.45, 7) is 1.93. The quantitative estimate of drug-likeness (QED) is 0.842. The molecule has 1 aliphatic heterocycles. The smallest absolute Gasteiger partial charge is 0.255 e. The SMILES string of the molecule is Cc1ccccc1NC(=O)c1cccc(N2C(=O)[C@H]3CCCC[C@@H]3C2=O)c1. The second-order valence-electron chi connectivity index (χ2n) is 7.33. The maximum atomic E-state index is 12.8. The number of imide groups is 1. The van der Waals surface area contributed by atoms with E-state index in [0.717, 1.165) is 36.9 Å². The second kappa shape index (κ2) is 6.99. The number of aryl methyl sites for hydroxylation is 1. The third-order valence-electron chi connectivity index (χ3n) is 5.60. The maximum absolute atomic E-state index is 12.8. The fourth-order valence-electron chi connectivity index (χ4n) is 4.11. The van der Waals surface area contributed by atoms with Crippen LogP contribution in [0, 0.1) is 18.8 Å². The Hall–Kier alpha value is -2.95. The van der Waals surface area contributed by atoms with Gasteiger partial charge in [-0.3, -0.25) is 19.3 Å². The first-order chi connectivity index (χ1) is 13.1. The number of benzene rings is 2. The lowest BCUT2D eigenvalue weighted by atomic mass is 9.81. The standard InChI is InChI=1S/C22H22N2O3/c1-14-7-2-5-12-19(14)23-20(25)15-8-6-9-16(13-15)24-21(26)17-10-3-4-11-18(17)22(24)27/h2,5-9,12-13,17-18H,3-4,10-11H2,1H3,(H,23,25)/t17-,18-/m0/s1. The molecule has 1 N–H and O–H groups in total. The predicted molar refractivity (Wildman–Crippen MR) is 104 cm³/mol. The van der Waals surface area contributed by atoms with Gasteiger partial charge < -0.3 is 5.32 Å². The van der Waals surface area contributed by atoms with Gasteiger partial charge in [-0.1, -0.05) is 37.1 Å². The number of nitrogens with one attached hydrogen (secondary N) is 1. The Morgan fingerprint density at radius 2 is 1.63 bits per heavy atom. The monoisotopic (exact) mass is 362 g/mol. The minimum absolute atomic E-state index is 0.124. The molecule has 0 aromatic heterocycles. The van der Waals surface area contributed by atoms with Gasteiger partial charge in [0.25, 0.3) is 5.91 Å². The molecule has 0 bridgehead atoms. The molecule has 3 amide bonds. The van der Waals surface area contributed by atoms with E-state index in [-0.39, 0.29) is 29.6 Å². The third kappa shape index (κ3) is 3.14. The first-order valence-corrected chi connectivity index (χ1v) is 9.41. The number of para-hydroxylation sites is 1. The van der Waals surface area contributed by atoms with E-state index >= 15 is 0 Å². The van der Waals surface area contributed by atoms with Crippen LogP contribution in [0.5, 0.6) is 0 Å². The first-order valence-electron chi connectivity index (χ1n) is 9.41. The summed E-state index contributed by atoms with van der Waals surface area (Å²) in [7, 11) is 0. The zero-order valence-electron chi connectivity index (χ0n) is 15.3. The topological polar surface area (TPSA) is 66.5 Å². The lowest BCUT2D eigenvalue weighted by molar-refractivity contribution is -0.122. The molecule has 2 aliphatic rings. The van der Waals surface area contributed by atoms with Crippen molar-refractivity contribution < 1.29 is 14.4 Å². The molecular formula is C22H22N2O3. The van der Waals surface area contributed by atoms with Gasteiger partial charge in [-0.25, -0.2) is 0 Å². The molecule has 1 saturated carbocycles. The number of fused-ring (bicyclic) bond motifs is 1. The molecular weight excluding hydrogens is 340 g/mol. The average Bonchev–Trinajstić information content (AvgIpc) is 2.94. The van der Waals surface area contributed by atoms with Crippen molar-refractivity contribution in [2.45, 2.75) is 32.6 Å². The number of carbonyl (C=O) groups is 3.